The van der Waals surface area contributed by atoms with Gasteiger partial charge in [-0.15, -0.1) is 0 Å². The molecule has 0 unspecified atom stereocenters. The van der Waals surface area contributed by atoms with Gasteiger partial charge >= 0.3 is 5.97 Å². The standard InChI is InChI=1S/C19H20ClNO5/c1-10(18(24)26-19(2,3)4)8-13-15(22)12-7-6-11(20)9-14(12)21-17(23)16(13)25-5/h6-7,9H,1,8H2,2-5H3,(H,21,23). The summed E-state index contributed by atoms with van der Waals surface area (Å²) in [4.78, 5) is 40.1. The molecule has 0 radical (unpaired) electrons. The van der Waals surface area contributed by atoms with Crippen LogP contribution in [0.1, 0.15) is 26.3 Å². The SMILES string of the molecule is C=C(Cc1c(OC)c(=O)[nH]c2cc(Cl)ccc2c1=O)C(=O)OC(C)(C)C. The number of fused-ring (bicyclic) bond motifs is 1. The number of benzene rings is 1. The molecule has 0 amide bonds. The number of halogens is 1. The Morgan fingerprint density at radius 2 is 1.92 bits per heavy atom. The van der Waals surface area contributed by atoms with E-state index in [-0.39, 0.29) is 34.2 Å². The number of nitrogens with one attached hydrogen (secondary N) is 1. The Morgan fingerprint density at radius 3 is 2.50 bits per heavy atom. The Kier molecular flexibility index (Phi) is 5.56. The fourth-order valence-corrected chi connectivity index (χ4v) is 2.58. The molecule has 1 heterocycles. The van der Waals surface area contributed by atoms with Crippen molar-refractivity contribution >= 4 is 28.5 Å². The number of carbonyl (C=O) groups excluding carboxylic acids is 1. The average Bonchev–Trinajstić information content (AvgIpc) is 2.60. The van der Waals surface area contributed by atoms with E-state index in [1.54, 1.807) is 26.8 Å². The molecule has 0 atom stereocenters. The molecule has 0 aliphatic heterocycles. The van der Waals surface area contributed by atoms with E-state index in [9.17, 15) is 14.4 Å². The highest BCUT2D eigenvalue weighted by Crippen LogP contribution is 2.19. The van der Waals surface area contributed by atoms with Crippen molar-refractivity contribution in [3.63, 3.8) is 0 Å². The summed E-state index contributed by atoms with van der Waals surface area (Å²) >= 11 is 5.94. The first-order valence-electron chi connectivity index (χ1n) is 7.87. The predicted molar refractivity (Wildman–Crippen MR) is 101 cm³/mol. The van der Waals surface area contributed by atoms with E-state index >= 15 is 0 Å². The van der Waals surface area contributed by atoms with Gasteiger partial charge < -0.3 is 14.5 Å². The van der Waals surface area contributed by atoms with Gasteiger partial charge in [-0.1, -0.05) is 18.2 Å². The van der Waals surface area contributed by atoms with Crippen molar-refractivity contribution in [1.82, 2.24) is 4.98 Å². The highest BCUT2D eigenvalue weighted by atomic mass is 35.5. The molecule has 2 rings (SSSR count). The predicted octanol–water partition coefficient (Wildman–Crippen LogP) is 2.99. The van der Waals surface area contributed by atoms with E-state index in [0.717, 1.165) is 0 Å². The van der Waals surface area contributed by atoms with Crippen molar-refractivity contribution < 1.29 is 14.3 Å². The molecular formula is C19H20ClNO5. The van der Waals surface area contributed by atoms with Gasteiger partial charge in [-0.3, -0.25) is 9.59 Å². The highest BCUT2D eigenvalue weighted by molar-refractivity contribution is 6.31. The van der Waals surface area contributed by atoms with Gasteiger partial charge in [0.15, 0.2) is 11.2 Å². The third-order valence-corrected chi connectivity index (χ3v) is 3.75. The van der Waals surface area contributed by atoms with Crippen LogP contribution < -0.4 is 15.7 Å². The molecule has 1 N–H and O–H groups in total. The van der Waals surface area contributed by atoms with Crippen LogP contribution in [0, 0.1) is 0 Å². The lowest BCUT2D eigenvalue weighted by Crippen LogP contribution is -2.26. The fraction of sp³-hybridized carbons (Fsp3) is 0.316. The van der Waals surface area contributed by atoms with E-state index in [4.69, 9.17) is 21.1 Å². The van der Waals surface area contributed by atoms with Crippen molar-refractivity contribution in [2.75, 3.05) is 7.11 Å². The van der Waals surface area contributed by atoms with Crippen LogP contribution in [0.4, 0.5) is 0 Å². The minimum atomic E-state index is -0.702. The monoisotopic (exact) mass is 377 g/mol. The molecule has 26 heavy (non-hydrogen) atoms. The molecule has 0 aliphatic rings. The maximum absolute atomic E-state index is 12.9. The summed E-state index contributed by atoms with van der Waals surface area (Å²) in [7, 11) is 1.28. The Balaban J connectivity index is 2.63. The van der Waals surface area contributed by atoms with Crippen LogP contribution >= 0.6 is 11.6 Å². The first-order valence-corrected chi connectivity index (χ1v) is 8.25. The maximum atomic E-state index is 12.9. The Labute approximate surface area is 155 Å². The van der Waals surface area contributed by atoms with Gasteiger partial charge in [0.25, 0.3) is 5.56 Å². The van der Waals surface area contributed by atoms with Crippen LogP contribution in [0.3, 0.4) is 0 Å². The number of hydrogen-bond donors (Lipinski definition) is 1. The number of methoxy groups -OCH3 is 1. The number of hydrogen-bond acceptors (Lipinski definition) is 5. The summed E-state index contributed by atoms with van der Waals surface area (Å²) in [6.45, 7) is 8.87. The number of esters is 1. The van der Waals surface area contributed by atoms with Gasteiger partial charge in [-0.05, 0) is 39.0 Å². The number of rotatable bonds is 4. The molecule has 1 aromatic heterocycles. The number of aromatic nitrogens is 1. The first kappa shape index (κ1) is 19.7. The van der Waals surface area contributed by atoms with Gasteiger partial charge in [0.2, 0.25) is 0 Å². The third kappa shape index (κ3) is 4.32. The average molecular weight is 378 g/mol. The van der Waals surface area contributed by atoms with E-state index < -0.39 is 22.6 Å². The molecule has 0 saturated heterocycles. The summed E-state index contributed by atoms with van der Waals surface area (Å²) in [6, 6.07) is 4.53. The van der Waals surface area contributed by atoms with Gasteiger partial charge in [0.1, 0.15) is 5.60 Å². The second-order valence-electron chi connectivity index (χ2n) is 6.77. The highest BCUT2D eigenvalue weighted by Gasteiger charge is 2.22. The Hall–Kier alpha value is -2.60. The molecule has 6 nitrogen and oxygen atoms in total. The van der Waals surface area contributed by atoms with Crippen molar-refractivity contribution in [2.45, 2.75) is 32.8 Å². The molecule has 0 aliphatic carbocycles. The second-order valence-corrected chi connectivity index (χ2v) is 7.20. The van der Waals surface area contributed by atoms with Crippen LogP contribution in [-0.4, -0.2) is 23.7 Å². The molecule has 2 aromatic rings. The Morgan fingerprint density at radius 1 is 1.27 bits per heavy atom. The summed E-state index contributed by atoms with van der Waals surface area (Å²) in [6.07, 6.45) is -0.174. The van der Waals surface area contributed by atoms with Gasteiger partial charge in [0.05, 0.1) is 18.2 Å². The van der Waals surface area contributed by atoms with E-state index in [1.807, 2.05) is 0 Å². The topological polar surface area (TPSA) is 85.5 Å². The first-order chi connectivity index (χ1) is 12.0. The van der Waals surface area contributed by atoms with Crippen LogP contribution in [-0.2, 0) is 16.0 Å². The summed E-state index contributed by atoms with van der Waals surface area (Å²) in [5.74, 6) is -0.818. The van der Waals surface area contributed by atoms with Crippen LogP contribution in [0.2, 0.25) is 5.02 Å². The molecular weight excluding hydrogens is 358 g/mol. The summed E-state index contributed by atoms with van der Waals surface area (Å²) < 4.78 is 10.4. The maximum Gasteiger partial charge on any atom is 0.334 e. The lowest BCUT2D eigenvalue weighted by molar-refractivity contribution is -0.149. The zero-order valence-corrected chi connectivity index (χ0v) is 15.8. The third-order valence-electron chi connectivity index (χ3n) is 3.51. The minimum absolute atomic E-state index is 0.0296. The molecule has 1 aromatic carbocycles. The smallest absolute Gasteiger partial charge is 0.334 e. The van der Waals surface area contributed by atoms with E-state index in [0.29, 0.717) is 5.02 Å². The van der Waals surface area contributed by atoms with Crippen molar-refractivity contribution in [3.8, 4) is 5.75 Å². The normalized spacial score (nSPS) is 11.3. The minimum Gasteiger partial charge on any atom is -0.491 e. The molecule has 7 heteroatoms. The number of H-pyrrole nitrogens is 1. The molecule has 0 saturated carbocycles. The quantitative estimate of drug-likeness (QED) is 0.654. The zero-order valence-electron chi connectivity index (χ0n) is 15.1. The molecule has 138 valence electrons. The second kappa shape index (κ2) is 7.33. The van der Waals surface area contributed by atoms with Gasteiger partial charge in [-0.2, -0.15) is 0 Å². The lowest BCUT2D eigenvalue weighted by Gasteiger charge is -2.20. The Bertz CT molecular complexity index is 1000. The van der Waals surface area contributed by atoms with Crippen molar-refractivity contribution in [3.05, 3.63) is 61.5 Å². The van der Waals surface area contributed by atoms with Crippen LogP contribution in [0.15, 0.2) is 39.9 Å². The number of ether oxygens (including phenoxy) is 2. The molecule has 0 fully saturated rings. The number of carbonyl (C=O) groups is 1. The zero-order chi connectivity index (χ0) is 19.6. The molecule has 0 spiro atoms. The van der Waals surface area contributed by atoms with Crippen molar-refractivity contribution in [2.24, 2.45) is 0 Å². The lowest BCUT2D eigenvalue weighted by atomic mass is 10.0. The van der Waals surface area contributed by atoms with E-state index in [1.165, 1.54) is 19.2 Å². The van der Waals surface area contributed by atoms with E-state index in [2.05, 4.69) is 11.6 Å². The van der Waals surface area contributed by atoms with Crippen LogP contribution in [0.25, 0.3) is 10.9 Å². The fourth-order valence-electron chi connectivity index (χ4n) is 2.41. The largest absolute Gasteiger partial charge is 0.491 e. The van der Waals surface area contributed by atoms with Crippen molar-refractivity contribution in [1.29, 1.82) is 0 Å². The molecule has 0 bridgehead atoms. The summed E-state index contributed by atoms with van der Waals surface area (Å²) in [5.41, 5.74) is -1.40. The number of aromatic amines is 1. The van der Waals surface area contributed by atoms with Crippen LogP contribution in [0.5, 0.6) is 5.75 Å². The van der Waals surface area contributed by atoms with Gasteiger partial charge in [-0.25, -0.2) is 4.79 Å². The summed E-state index contributed by atoms with van der Waals surface area (Å²) in [5, 5.41) is 0.624. The van der Waals surface area contributed by atoms with Gasteiger partial charge in [0, 0.05) is 22.4 Å².